The summed E-state index contributed by atoms with van der Waals surface area (Å²) in [5.74, 6) is -0.571. The number of fused-ring (bicyclic) bond motifs is 2. The summed E-state index contributed by atoms with van der Waals surface area (Å²) >= 11 is 0. The number of ether oxygens (including phenoxy) is 1. The van der Waals surface area contributed by atoms with E-state index in [2.05, 4.69) is 0 Å². The minimum atomic E-state index is -0.571. The van der Waals surface area contributed by atoms with E-state index in [9.17, 15) is 14.5 Å². The number of hydrogen-bond donors (Lipinski definition) is 0. The lowest BCUT2D eigenvalue weighted by atomic mass is 10.2. The summed E-state index contributed by atoms with van der Waals surface area (Å²) < 4.78 is 19.1. The molecule has 0 amide bonds. The highest BCUT2D eigenvalue weighted by Crippen LogP contribution is 2.31. The van der Waals surface area contributed by atoms with Crippen molar-refractivity contribution in [2.75, 3.05) is 18.0 Å². The van der Waals surface area contributed by atoms with Gasteiger partial charge in [0.15, 0.2) is 0 Å². The summed E-state index contributed by atoms with van der Waals surface area (Å²) in [6, 6.07) is 3.71. The Hall–Kier alpha value is -1.69. The molecule has 2 unspecified atom stereocenters. The molecule has 2 saturated heterocycles. The SMILES string of the molecule is O=[N+]([O-])c1cc(F)cc(N2CC3CCC(C2)O3)c1. The topological polar surface area (TPSA) is 55.6 Å². The predicted octanol–water partition coefficient (Wildman–Crippen LogP) is 2.10. The van der Waals surface area contributed by atoms with Crippen molar-refractivity contribution in [3.05, 3.63) is 34.1 Å². The van der Waals surface area contributed by atoms with E-state index in [0.29, 0.717) is 18.8 Å². The lowest BCUT2D eigenvalue weighted by Gasteiger charge is -2.33. The van der Waals surface area contributed by atoms with Crippen LogP contribution in [0, 0.1) is 15.9 Å². The van der Waals surface area contributed by atoms with Crippen LogP contribution >= 0.6 is 0 Å². The standard InChI is InChI=1S/C12H13FN2O3/c13-8-3-9(5-10(4-8)15(16)17)14-6-11-1-2-12(7-14)18-11/h3-5,11-12H,1-2,6-7H2. The number of rotatable bonds is 2. The quantitative estimate of drug-likeness (QED) is 0.597. The molecular weight excluding hydrogens is 239 g/mol. The zero-order valence-corrected chi connectivity index (χ0v) is 9.71. The van der Waals surface area contributed by atoms with E-state index >= 15 is 0 Å². The molecule has 0 spiro atoms. The summed E-state index contributed by atoms with van der Waals surface area (Å²) in [5.41, 5.74) is 0.366. The summed E-state index contributed by atoms with van der Waals surface area (Å²) in [6.07, 6.45) is 2.37. The Labute approximate surface area is 103 Å². The lowest BCUT2D eigenvalue weighted by molar-refractivity contribution is -0.385. The number of nitro groups is 1. The number of anilines is 1. The van der Waals surface area contributed by atoms with E-state index < -0.39 is 10.7 Å². The minimum Gasteiger partial charge on any atom is -0.371 e. The fourth-order valence-corrected chi connectivity index (χ4v) is 2.67. The van der Waals surface area contributed by atoms with Gasteiger partial charge in [0.1, 0.15) is 5.82 Å². The number of halogens is 1. The summed E-state index contributed by atoms with van der Waals surface area (Å²) in [5, 5.41) is 10.7. The maximum Gasteiger partial charge on any atom is 0.274 e. The molecule has 2 aliphatic rings. The largest absolute Gasteiger partial charge is 0.371 e. The van der Waals surface area contributed by atoms with Gasteiger partial charge in [0, 0.05) is 24.8 Å². The first kappa shape index (κ1) is 11.4. The van der Waals surface area contributed by atoms with Crippen LogP contribution < -0.4 is 4.90 Å². The van der Waals surface area contributed by atoms with Gasteiger partial charge in [0.05, 0.1) is 23.2 Å². The average molecular weight is 252 g/mol. The molecule has 3 rings (SSSR count). The van der Waals surface area contributed by atoms with E-state index in [1.807, 2.05) is 4.90 Å². The Bertz CT molecular complexity index is 482. The molecule has 96 valence electrons. The van der Waals surface area contributed by atoms with E-state index in [1.165, 1.54) is 12.1 Å². The van der Waals surface area contributed by atoms with Crippen molar-refractivity contribution in [1.29, 1.82) is 0 Å². The van der Waals surface area contributed by atoms with Gasteiger partial charge in [-0.1, -0.05) is 0 Å². The van der Waals surface area contributed by atoms with Gasteiger partial charge >= 0.3 is 0 Å². The Morgan fingerprint density at radius 1 is 1.28 bits per heavy atom. The monoisotopic (exact) mass is 252 g/mol. The molecule has 1 aromatic rings. The zero-order valence-electron chi connectivity index (χ0n) is 9.71. The summed E-state index contributed by atoms with van der Waals surface area (Å²) in [7, 11) is 0. The van der Waals surface area contributed by atoms with Gasteiger partial charge < -0.3 is 9.64 Å². The van der Waals surface area contributed by atoms with E-state index in [0.717, 1.165) is 18.9 Å². The Morgan fingerprint density at radius 2 is 1.94 bits per heavy atom. The molecule has 0 N–H and O–H groups in total. The third kappa shape index (κ3) is 2.03. The van der Waals surface area contributed by atoms with Crippen LogP contribution in [0.15, 0.2) is 18.2 Å². The van der Waals surface area contributed by atoms with Crippen molar-refractivity contribution in [1.82, 2.24) is 0 Å². The van der Waals surface area contributed by atoms with Crippen LogP contribution in [0.1, 0.15) is 12.8 Å². The van der Waals surface area contributed by atoms with Crippen LogP contribution in [0.25, 0.3) is 0 Å². The molecule has 0 saturated carbocycles. The molecule has 6 heteroatoms. The number of hydrogen-bond acceptors (Lipinski definition) is 4. The second kappa shape index (κ2) is 4.20. The molecule has 0 aromatic heterocycles. The van der Waals surface area contributed by atoms with Crippen LogP contribution in [0.4, 0.5) is 15.8 Å². The third-order valence-electron chi connectivity index (χ3n) is 3.49. The fourth-order valence-electron chi connectivity index (χ4n) is 2.67. The second-order valence-corrected chi connectivity index (χ2v) is 4.79. The number of non-ortho nitro benzene ring substituents is 1. The number of morpholine rings is 1. The Balaban J connectivity index is 1.89. The number of nitro benzene ring substituents is 1. The van der Waals surface area contributed by atoms with E-state index in [1.54, 1.807) is 0 Å². The molecular formula is C12H13FN2O3. The molecule has 2 heterocycles. The smallest absolute Gasteiger partial charge is 0.274 e. The van der Waals surface area contributed by atoms with Gasteiger partial charge in [-0.05, 0) is 18.9 Å². The van der Waals surface area contributed by atoms with Crippen LogP contribution in [-0.2, 0) is 4.74 Å². The normalized spacial score (nSPS) is 26.4. The fraction of sp³-hybridized carbons (Fsp3) is 0.500. The summed E-state index contributed by atoms with van der Waals surface area (Å²) in [6.45, 7) is 1.36. The molecule has 2 aliphatic heterocycles. The minimum absolute atomic E-state index is 0.172. The maximum absolute atomic E-state index is 13.4. The Morgan fingerprint density at radius 3 is 2.56 bits per heavy atom. The van der Waals surface area contributed by atoms with E-state index in [4.69, 9.17) is 4.74 Å². The third-order valence-corrected chi connectivity index (χ3v) is 3.49. The van der Waals surface area contributed by atoms with Gasteiger partial charge in [0.2, 0.25) is 0 Å². The molecule has 18 heavy (non-hydrogen) atoms. The highest BCUT2D eigenvalue weighted by atomic mass is 19.1. The molecule has 1 aromatic carbocycles. The van der Waals surface area contributed by atoms with Gasteiger partial charge in [-0.25, -0.2) is 4.39 Å². The summed E-state index contributed by atoms with van der Waals surface area (Å²) in [4.78, 5) is 12.1. The van der Waals surface area contributed by atoms with Gasteiger partial charge in [-0.15, -0.1) is 0 Å². The van der Waals surface area contributed by atoms with Crippen molar-refractivity contribution >= 4 is 11.4 Å². The van der Waals surface area contributed by atoms with Gasteiger partial charge in [0.25, 0.3) is 5.69 Å². The lowest BCUT2D eigenvalue weighted by Crippen LogP contribution is -2.42. The van der Waals surface area contributed by atoms with E-state index in [-0.39, 0.29) is 17.9 Å². The van der Waals surface area contributed by atoms with Crippen molar-refractivity contribution in [2.45, 2.75) is 25.0 Å². The van der Waals surface area contributed by atoms with Crippen LogP contribution in [0.5, 0.6) is 0 Å². The first-order chi connectivity index (χ1) is 8.61. The van der Waals surface area contributed by atoms with Crippen molar-refractivity contribution < 1.29 is 14.1 Å². The Kier molecular flexibility index (Phi) is 2.66. The first-order valence-electron chi connectivity index (χ1n) is 5.97. The maximum atomic E-state index is 13.4. The molecule has 2 atom stereocenters. The van der Waals surface area contributed by atoms with Gasteiger partial charge in [-0.3, -0.25) is 10.1 Å². The van der Waals surface area contributed by atoms with Crippen molar-refractivity contribution in [2.24, 2.45) is 0 Å². The molecule has 5 nitrogen and oxygen atoms in total. The van der Waals surface area contributed by atoms with Crippen LogP contribution in [0.2, 0.25) is 0 Å². The molecule has 0 aliphatic carbocycles. The van der Waals surface area contributed by atoms with Gasteiger partial charge in [-0.2, -0.15) is 0 Å². The number of nitrogens with zero attached hydrogens (tertiary/aromatic N) is 2. The predicted molar refractivity (Wildman–Crippen MR) is 63.2 cm³/mol. The van der Waals surface area contributed by atoms with Crippen LogP contribution in [0.3, 0.4) is 0 Å². The zero-order chi connectivity index (χ0) is 12.7. The molecule has 2 bridgehead atoms. The second-order valence-electron chi connectivity index (χ2n) is 4.79. The van der Waals surface area contributed by atoms with Crippen LogP contribution in [-0.4, -0.2) is 30.2 Å². The molecule has 2 fully saturated rings. The molecule has 0 radical (unpaired) electrons. The highest BCUT2D eigenvalue weighted by Gasteiger charge is 2.34. The van der Waals surface area contributed by atoms with Crippen molar-refractivity contribution in [3.8, 4) is 0 Å². The highest BCUT2D eigenvalue weighted by molar-refractivity contribution is 5.54. The first-order valence-corrected chi connectivity index (χ1v) is 5.97. The average Bonchev–Trinajstić information content (AvgIpc) is 2.67. The number of benzene rings is 1. The van der Waals surface area contributed by atoms with Crippen molar-refractivity contribution in [3.63, 3.8) is 0 Å².